The molecule has 2 heterocycles. The van der Waals surface area contributed by atoms with Gasteiger partial charge >= 0.3 is 6.09 Å². The molecule has 0 bridgehead atoms. The van der Waals surface area contributed by atoms with Crippen LogP contribution in [0.1, 0.15) is 58.2 Å². The first kappa shape index (κ1) is 28.3. The van der Waals surface area contributed by atoms with Crippen LogP contribution >= 0.6 is 12.2 Å². The third-order valence-electron chi connectivity index (χ3n) is 6.00. The molecule has 2 aromatic carbocycles. The Labute approximate surface area is 223 Å². The minimum absolute atomic E-state index is 0.291. The fraction of sp³-hybridized carbons (Fsp3) is 0.414. The van der Waals surface area contributed by atoms with Crippen molar-refractivity contribution in [2.45, 2.75) is 66.5 Å². The summed E-state index contributed by atoms with van der Waals surface area (Å²) in [6, 6.07) is 10.6. The molecule has 198 valence electrons. The second-order valence-corrected chi connectivity index (χ2v) is 10.00. The van der Waals surface area contributed by atoms with E-state index in [0.29, 0.717) is 41.0 Å². The lowest BCUT2D eigenvalue weighted by Gasteiger charge is -2.31. The first-order chi connectivity index (χ1) is 17.6. The standard InChI is InChI=1S/C27H30FN3O3S.C2H6/c1-6-20-23(29-30-24(25(20)35)21-10-9-19(28)14-22(21)33-5)17-7-8-18-15-31(12-11-16(18)13-17)26(32)34-27(2,3)4;1-2/h7-10,13-14H,6,11-12,15H2,1-5H3,(H,29,35);1-2H3. The second-order valence-electron chi connectivity index (χ2n) is 9.59. The Morgan fingerprint density at radius 1 is 1.16 bits per heavy atom. The van der Waals surface area contributed by atoms with E-state index in [2.05, 4.69) is 22.3 Å². The summed E-state index contributed by atoms with van der Waals surface area (Å²) < 4.78 is 25.2. The third-order valence-corrected chi connectivity index (χ3v) is 6.44. The molecule has 0 aliphatic carbocycles. The number of aromatic nitrogens is 2. The quantitative estimate of drug-likeness (QED) is 0.357. The van der Waals surface area contributed by atoms with Crippen LogP contribution in [0.4, 0.5) is 9.18 Å². The molecule has 3 aromatic rings. The van der Waals surface area contributed by atoms with Gasteiger partial charge in [-0.3, -0.25) is 5.10 Å². The van der Waals surface area contributed by atoms with E-state index >= 15 is 0 Å². The Morgan fingerprint density at radius 3 is 2.54 bits per heavy atom. The van der Waals surface area contributed by atoms with Gasteiger partial charge in [-0.1, -0.05) is 45.1 Å². The van der Waals surface area contributed by atoms with Crippen molar-refractivity contribution < 1.29 is 18.7 Å². The van der Waals surface area contributed by atoms with Gasteiger partial charge < -0.3 is 14.4 Å². The van der Waals surface area contributed by atoms with Gasteiger partial charge in [-0.15, -0.1) is 0 Å². The number of methoxy groups -OCH3 is 1. The van der Waals surface area contributed by atoms with E-state index in [-0.39, 0.29) is 11.9 Å². The Hall–Kier alpha value is -3.26. The Balaban J connectivity index is 0.00000186. The summed E-state index contributed by atoms with van der Waals surface area (Å²) in [6.45, 7) is 12.8. The molecule has 0 fully saturated rings. The number of carbonyl (C=O) groups excluding carboxylic acids is 1. The molecule has 1 aromatic heterocycles. The maximum Gasteiger partial charge on any atom is 0.410 e. The average molecular weight is 526 g/mol. The largest absolute Gasteiger partial charge is 0.496 e. The van der Waals surface area contributed by atoms with Crippen LogP contribution in [0.25, 0.3) is 22.5 Å². The molecule has 0 unspecified atom stereocenters. The van der Waals surface area contributed by atoms with Crippen molar-refractivity contribution in [2.75, 3.05) is 13.7 Å². The van der Waals surface area contributed by atoms with E-state index in [4.69, 9.17) is 21.7 Å². The van der Waals surface area contributed by atoms with E-state index in [1.807, 2.05) is 47.6 Å². The summed E-state index contributed by atoms with van der Waals surface area (Å²) in [5, 5.41) is 7.74. The summed E-state index contributed by atoms with van der Waals surface area (Å²) in [5.74, 6) is 0.00209. The summed E-state index contributed by atoms with van der Waals surface area (Å²) >= 11 is 5.82. The molecule has 6 nitrogen and oxygen atoms in total. The monoisotopic (exact) mass is 525 g/mol. The van der Waals surface area contributed by atoms with Crippen LogP contribution in [0.2, 0.25) is 0 Å². The van der Waals surface area contributed by atoms with E-state index in [9.17, 15) is 9.18 Å². The molecule has 1 amide bonds. The van der Waals surface area contributed by atoms with Crippen LogP contribution in [-0.2, 0) is 24.1 Å². The smallest absolute Gasteiger partial charge is 0.410 e. The topological polar surface area (TPSA) is 67.5 Å². The van der Waals surface area contributed by atoms with Crippen LogP contribution in [0.5, 0.6) is 5.75 Å². The Kier molecular flexibility index (Phi) is 9.07. The number of aromatic amines is 1. The summed E-state index contributed by atoms with van der Waals surface area (Å²) in [6.07, 6.45) is 1.15. The van der Waals surface area contributed by atoms with Crippen LogP contribution < -0.4 is 4.74 Å². The lowest BCUT2D eigenvalue weighted by Crippen LogP contribution is -2.39. The molecule has 0 spiro atoms. The SMILES string of the molecule is CC.CCc1c(-c2ccc3c(c2)CCN(C(=O)OC(C)(C)C)C3)[nH]nc(-c2ccc(F)cc2OC)c1=S. The fourth-order valence-corrected chi connectivity index (χ4v) is 4.70. The predicted molar refractivity (Wildman–Crippen MR) is 148 cm³/mol. The van der Waals surface area contributed by atoms with Gasteiger partial charge in [0, 0.05) is 30.3 Å². The zero-order valence-electron chi connectivity index (χ0n) is 22.7. The van der Waals surface area contributed by atoms with Gasteiger partial charge in [0.15, 0.2) is 0 Å². The first-order valence-corrected chi connectivity index (χ1v) is 13.1. The van der Waals surface area contributed by atoms with Gasteiger partial charge in [-0.2, -0.15) is 5.10 Å². The molecule has 1 aliphatic rings. The number of H-pyrrole nitrogens is 1. The summed E-state index contributed by atoms with van der Waals surface area (Å²) in [4.78, 5) is 14.2. The molecule has 1 aliphatic heterocycles. The number of rotatable bonds is 4. The number of hydrogen-bond acceptors (Lipinski definition) is 5. The maximum atomic E-state index is 13.7. The summed E-state index contributed by atoms with van der Waals surface area (Å²) in [7, 11) is 1.50. The Morgan fingerprint density at radius 2 is 1.89 bits per heavy atom. The van der Waals surface area contributed by atoms with E-state index in [0.717, 1.165) is 28.8 Å². The lowest BCUT2D eigenvalue weighted by atomic mass is 9.94. The van der Waals surface area contributed by atoms with Gasteiger partial charge in [0.2, 0.25) is 0 Å². The number of hydrogen-bond donors (Lipinski definition) is 1. The van der Waals surface area contributed by atoms with Gasteiger partial charge in [-0.05, 0) is 68.5 Å². The van der Waals surface area contributed by atoms with Crippen LogP contribution in [0.15, 0.2) is 36.4 Å². The molecule has 0 saturated carbocycles. The molecule has 0 atom stereocenters. The van der Waals surface area contributed by atoms with E-state index in [1.165, 1.54) is 24.8 Å². The molecule has 4 rings (SSSR count). The van der Waals surface area contributed by atoms with Crippen LogP contribution in [0.3, 0.4) is 0 Å². The second kappa shape index (κ2) is 11.9. The minimum atomic E-state index is -0.521. The van der Waals surface area contributed by atoms with Gasteiger partial charge in [0.1, 0.15) is 22.9 Å². The van der Waals surface area contributed by atoms with E-state index in [1.54, 1.807) is 11.0 Å². The van der Waals surface area contributed by atoms with Crippen molar-refractivity contribution >= 4 is 18.3 Å². The number of amides is 1. The van der Waals surface area contributed by atoms with Crippen molar-refractivity contribution in [3.05, 3.63) is 63.4 Å². The van der Waals surface area contributed by atoms with Crippen molar-refractivity contribution in [3.8, 4) is 28.3 Å². The highest BCUT2D eigenvalue weighted by atomic mass is 32.1. The van der Waals surface area contributed by atoms with Gasteiger partial charge in [-0.25, -0.2) is 9.18 Å². The lowest BCUT2D eigenvalue weighted by molar-refractivity contribution is 0.0224. The number of ether oxygens (including phenoxy) is 2. The molecule has 1 N–H and O–H groups in total. The first-order valence-electron chi connectivity index (χ1n) is 12.7. The maximum absolute atomic E-state index is 13.7. The average Bonchev–Trinajstić information content (AvgIpc) is 2.88. The number of carbonyl (C=O) groups is 1. The molecule has 37 heavy (non-hydrogen) atoms. The van der Waals surface area contributed by atoms with E-state index < -0.39 is 5.60 Å². The zero-order valence-corrected chi connectivity index (χ0v) is 23.5. The summed E-state index contributed by atoms with van der Waals surface area (Å²) in [5.41, 5.74) is 5.78. The highest BCUT2D eigenvalue weighted by Gasteiger charge is 2.26. The number of nitrogens with zero attached hydrogens (tertiary/aromatic N) is 2. The third kappa shape index (κ3) is 6.36. The minimum Gasteiger partial charge on any atom is -0.496 e. The molecule has 8 heteroatoms. The molecular formula is C29H36FN3O3S. The Bertz CT molecular complexity index is 1330. The highest BCUT2D eigenvalue weighted by molar-refractivity contribution is 7.71. The van der Waals surface area contributed by atoms with Crippen molar-refractivity contribution in [1.29, 1.82) is 0 Å². The number of halogens is 1. The molecule has 0 radical (unpaired) electrons. The normalized spacial score (nSPS) is 12.8. The van der Waals surface area contributed by atoms with Crippen molar-refractivity contribution in [2.24, 2.45) is 0 Å². The van der Waals surface area contributed by atoms with Crippen molar-refractivity contribution in [3.63, 3.8) is 0 Å². The van der Waals surface area contributed by atoms with Gasteiger partial charge in [0.05, 0.1) is 17.3 Å². The number of nitrogens with one attached hydrogen (secondary N) is 1. The molecular weight excluding hydrogens is 489 g/mol. The molecule has 0 saturated heterocycles. The van der Waals surface area contributed by atoms with Gasteiger partial charge in [0.25, 0.3) is 0 Å². The van der Waals surface area contributed by atoms with Crippen molar-refractivity contribution in [1.82, 2.24) is 15.1 Å². The number of benzene rings is 2. The van der Waals surface area contributed by atoms with Crippen LogP contribution in [-0.4, -0.2) is 40.4 Å². The number of fused-ring (bicyclic) bond motifs is 1. The zero-order chi connectivity index (χ0) is 27.3. The van der Waals surface area contributed by atoms with Crippen LogP contribution in [0, 0.1) is 10.3 Å². The highest BCUT2D eigenvalue weighted by Crippen LogP contribution is 2.34. The predicted octanol–water partition coefficient (Wildman–Crippen LogP) is 7.50. The fourth-order valence-electron chi connectivity index (χ4n) is 4.30.